The third kappa shape index (κ3) is 8.79. The Balaban J connectivity index is 2.14. The Morgan fingerprint density at radius 2 is 1.76 bits per heavy atom. The highest BCUT2D eigenvalue weighted by Gasteiger charge is 2.50. The molecule has 2 heterocycles. The molecule has 4 unspecified atom stereocenters. The first kappa shape index (κ1) is 28.5. The van der Waals surface area contributed by atoms with Gasteiger partial charge in [0.15, 0.2) is 6.23 Å². The van der Waals surface area contributed by atoms with Crippen molar-refractivity contribution in [3.63, 3.8) is 0 Å². The first-order valence-electron chi connectivity index (χ1n) is 9.43. The van der Waals surface area contributed by atoms with Gasteiger partial charge in [0.1, 0.15) is 6.10 Å². The number of rotatable bonds is 9. The maximum Gasteiger partial charge on any atom is 0.490 e. The van der Waals surface area contributed by atoms with Crippen LogP contribution in [0.4, 0.5) is 4.79 Å². The number of carbonyl (C=O) groups excluding carboxylic acids is 1. The lowest BCUT2D eigenvalue weighted by Gasteiger charge is -2.36. The van der Waals surface area contributed by atoms with E-state index >= 15 is 0 Å². The summed E-state index contributed by atoms with van der Waals surface area (Å²) in [7, 11) is -16.5. The van der Waals surface area contributed by atoms with Crippen LogP contribution in [0, 0.1) is 5.92 Å². The minimum atomic E-state index is -5.65. The second-order valence-electron chi connectivity index (χ2n) is 8.23. The number of nitrogens with one attached hydrogen (secondary N) is 1. The van der Waals surface area contributed by atoms with Crippen molar-refractivity contribution < 1.29 is 60.7 Å². The summed E-state index contributed by atoms with van der Waals surface area (Å²) in [5.74, 6) is -0.529. The van der Waals surface area contributed by atoms with Crippen molar-refractivity contribution in [2.75, 3.05) is 6.61 Å². The van der Waals surface area contributed by atoms with Crippen molar-refractivity contribution in [1.29, 1.82) is 0 Å². The zero-order valence-corrected chi connectivity index (χ0v) is 20.8. The minimum Gasteiger partial charge on any atom is -0.368 e. The first-order chi connectivity index (χ1) is 14.8. The Bertz CT molecular complexity index is 903. The van der Waals surface area contributed by atoms with Gasteiger partial charge in [-0.2, -0.15) is 8.62 Å². The molecule has 2 aliphatic heterocycles. The van der Waals surface area contributed by atoms with E-state index in [2.05, 4.69) is 18.5 Å². The van der Waals surface area contributed by atoms with Gasteiger partial charge in [0.25, 0.3) is 0 Å². The molecule has 0 aromatic rings. The SMILES string of the molecule is C[C@@H]1C(OC(C)(C)C)[C@H](N2C=CC(N)NC2=O)O[C@@H]1COP(=O)(O)OP(=O)(O)OP(=O)(O)O. The third-order valence-electron chi connectivity index (χ3n) is 4.26. The molecular formula is C14H28N3O13P3. The Kier molecular flexibility index (Phi) is 8.75. The second-order valence-corrected chi connectivity index (χ2v) is 12.6. The van der Waals surface area contributed by atoms with E-state index < -0.39 is 72.2 Å². The van der Waals surface area contributed by atoms with E-state index in [-0.39, 0.29) is 0 Å². The molecule has 0 aliphatic carbocycles. The summed E-state index contributed by atoms with van der Waals surface area (Å²) in [6, 6.07) is -0.571. The first-order valence-corrected chi connectivity index (χ1v) is 14.0. The summed E-state index contributed by atoms with van der Waals surface area (Å²) in [5.41, 5.74) is 4.98. The smallest absolute Gasteiger partial charge is 0.368 e. The summed E-state index contributed by atoms with van der Waals surface area (Å²) in [6.45, 7) is 6.32. The molecule has 0 spiro atoms. The molecule has 0 aromatic carbocycles. The van der Waals surface area contributed by atoms with E-state index in [9.17, 15) is 28.3 Å². The van der Waals surface area contributed by atoms with Crippen molar-refractivity contribution in [3.05, 3.63) is 12.3 Å². The molecule has 2 amide bonds. The van der Waals surface area contributed by atoms with Crippen molar-refractivity contribution in [2.24, 2.45) is 11.7 Å². The number of ether oxygens (including phenoxy) is 2. The lowest BCUT2D eigenvalue weighted by atomic mass is 9.99. The Morgan fingerprint density at radius 3 is 2.27 bits per heavy atom. The molecule has 7 atom stereocenters. The van der Waals surface area contributed by atoms with Crippen LogP contribution in [0.25, 0.3) is 0 Å². The largest absolute Gasteiger partial charge is 0.490 e. The molecule has 0 saturated carbocycles. The molecule has 192 valence electrons. The number of hydrogen-bond acceptors (Lipinski definition) is 10. The standard InChI is InChI=1S/C14H28N3O13P3/c1-8-9(7-26-32(22,23)30-33(24,25)29-31(19,20)21)27-12(11(8)28-14(2,3)4)17-6-5-10(15)16-13(17)18/h5-6,8-12H,7,15H2,1-4H3,(H,16,18)(H,22,23)(H,24,25)(H2,19,20,21)/t8-,9+,10?,11?,12+/m0/s1. The number of nitrogens with two attached hydrogens (primary N) is 1. The van der Waals surface area contributed by atoms with Crippen LogP contribution in [0.1, 0.15) is 27.7 Å². The van der Waals surface area contributed by atoms with Gasteiger partial charge in [0, 0.05) is 12.1 Å². The molecule has 2 aliphatic rings. The molecule has 1 saturated heterocycles. The summed E-state index contributed by atoms with van der Waals surface area (Å²) in [6.07, 6.45) is -0.477. The Labute approximate surface area is 189 Å². The number of phosphoric ester groups is 1. The lowest BCUT2D eigenvalue weighted by molar-refractivity contribution is -0.126. The molecule has 0 radical (unpaired) electrons. The van der Waals surface area contributed by atoms with E-state index in [1.54, 1.807) is 27.7 Å². The van der Waals surface area contributed by atoms with Crippen molar-refractivity contribution in [2.45, 2.75) is 57.9 Å². The number of hydrogen-bond donors (Lipinski definition) is 6. The molecule has 33 heavy (non-hydrogen) atoms. The number of amides is 2. The maximum atomic E-state index is 12.4. The van der Waals surface area contributed by atoms with Gasteiger partial charge in [-0.15, -0.1) is 0 Å². The van der Waals surface area contributed by atoms with Gasteiger partial charge >= 0.3 is 29.5 Å². The normalized spacial score (nSPS) is 32.3. The molecule has 1 fully saturated rings. The molecule has 0 bridgehead atoms. The summed E-state index contributed by atoms with van der Waals surface area (Å²) < 4.78 is 58.1. The highest BCUT2D eigenvalue weighted by molar-refractivity contribution is 7.66. The summed E-state index contributed by atoms with van der Waals surface area (Å²) in [5, 5.41) is 2.49. The average Bonchev–Trinajstić information content (AvgIpc) is 2.84. The van der Waals surface area contributed by atoms with Gasteiger partial charge in [-0.25, -0.2) is 18.5 Å². The number of urea groups is 1. The average molecular weight is 539 g/mol. The Morgan fingerprint density at radius 1 is 1.15 bits per heavy atom. The van der Waals surface area contributed by atoms with E-state index in [0.717, 1.165) is 0 Å². The van der Waals surface area contributed by atoms with Crippen molar-refractivity contribution in [1.82, 2.24) is 10.2 Å². The fourth-order valence-corrected chi connectivity index (χ4v) is 6.06. The van der Waals surface area contributed by atoms with Gasteiger partial charge in [0.2, 0.25) is 0 Å². The highest BCUT2D eigenvalue weighted by atomic mass is 31.3. The fourth-order valence-electron chi connectivity index (χ4n) is 3.03. The number of nitrogens with zero attached hydrogens (tertiary/aromatic N) is 1. The molecular weight excluding hydrogens is 511 g/mol. The fraction of sp³-hybridized carbons (Fsp3) is 0.786. The lowest BCUT2D eigenvalue weighted by Crippen LogP contribution is -2.55. The second kappa shape index (κ2) is 10.1. The molecule has 16 nitrogen and oxygen atoms in total. The molecule has 19 heteroatoms. The van der Waals surface area contributed by atoms with Crippen LogP contribution in [0.2, 0.25) is 0 Å². The predicted octanol–water partition coefficient (Wildman–Crippen LogP) is 0.698. The topological polar surface area (TPSA) is 237 Å². The zero-order valence-electron chi connectivity index (χ0n) is 18.1. The van der Waals surface area contributed by atoms with Crippen LogP contribution in [-0.2, 0) is 36.3 Å². The zero-order chi connectivity index (χ0) is 25.4. The van der Waals surface area contributed by atoms with Crippen LogP contribution >= 0.6 is 23.5 Å². The third-order valence-corrected chi connectivity index (χ3v) is 8.06. The van der Waals surface area contributed by atoms with Gasteiger partial charge in [-0.1, -0.05) is 6.92 Å². The monoisotopic (exact) mass is 539 g/mol. The highest BCUT2D eigenvalue weighted by Crippen LogP contribution is 2.66. The summed E-state index contributed by atoms with van der Waals surface area (Å²) >= 11 is 0. The van der Waals surface area contributed by atoms with Crippen molar-refractivity contribution in [3.8, 4) is 0 Å². The van der Waals surface area contributed by atoms with Gasteiger partial charge in [-0.3, -0.25) is 9.42 Å². The minimum absolute atomic E-state index is 0.529. The van der Waals surface area contributed by atoms with E-state index in [1.807, 2.05) is 0 Å². The number of carbonyl (C=O) groups is 1. The van der Waals surface area contributed by atoms with Gasteiger partial charge in [0.05, 0.1) is 24.5 Å². The van der Waals surface area contributed by atoms with Crippen LogP contribution in [0.5, 0.6) is 0 Å². The van der Waals surface area contributed by atoms with Crippen LogP contribution in [-0.4, -0.2) is 67.3 Å². The van der Waals surface area contributed by atoms with Crippen LogP contribution in [0.3, 0.4) is 0 Å². The quantitative estimate of drug-likeness (QED) is 0.221. The summed E-state index contributed by atoms with van der Waals surface area (Å²) in [4.78, 5) is 49.7. The molecule has 7 N–H and O–H groups in total. The van der Waals surface area contributed by atoms with Crippen molar-refractivity contribution >= 4 is 29.5 Å². The van der Waals surface area contributed by atoms with E-state index in [4.69, 9.17) is 25.0 Å². The van der Waals surface area contributed by atoms with Crippen LogP contribution < -0.4 is 11.1 Å². The van der Waals surface area contributed by atoms with Gasteiger partial charge < -0.3 is 40.1 Å². The maximum absolute atomic E-state index is 12.4. The van der Waals surface area contributed by atoms with Gasteiger partial charge in [-0.05, 0) is 26.8 Å². The molecule has 2 rings (SSSR count). The van der Waals surface area contributed by atoms with Crippen LogP contribution in [0.15, 0.2) is 12.3 Å². The van der Waals surface area contributed by atoms with E-state index in [1.165, 1.54) is 17.2 Å². The molecule has 0 aromatic heterocycles. The Hall–Kier alpha value is -0.700. The van der Waals surface area contributed by atoms with E-state index in [0.29, 0.717) is 0 Å². The predicted molar refractivity (Wildman–Crippen MR) is 110 cm³/mol. The number of phosphoric acid groups is 3.